The molecular formula is C8H10O3. The summed E-state index contributed by atoms with van der Waals surface area (Å²) in [6.07, 6.45) is 1.35. The molecule has 1 fully saturated rings. The lowest BCUT2D eigenvalue weighted by molar-refractivity contribution is -0.138. The first kappa shape index (κ1) is 8.09. The van der Waals surface area contributed by atoms with Crippen LogP contribution in [-0.4, -0.2) is 22.8 Å². The monoisotopic (exact) mass is 154 g/mol. The third-order valence-corrected chi connectivity index (χ3v) is 1.81. The van der Waals surface area contributed by atoms with Gasteiger partial charge in [0.05, 0.1) is 5.92 Å². The Balaban J connectivity index is 2.18. The molecule has 11 heavy (non-hydrogen) atoms. The van der Waals surface area contributed by atoms with Crippen LogP contribution in [0, 0.1) is 23.7 Å². The fourth-order valence-corrected chi connectivity index (χ4v) is 1.03. The molecule has 1 aliphatic carbocycles. The summed E-state index contributed by atoms with van der Waals surface area (Å²) in [7, 11) is 0. The average Bonchev–Trinajstić information content (AvgIpc) is 2.68. The van der Waals surface area contributed by atoms with E-state index in [2.05, 4.69) is 11.8 Å². The van der Waals surface area contributed by atoms with Gasteiger partial charge >= 0.3 is 5.97 Å². The summed E-state index contributed by atoms with van der Waals surface area (Å²) in [5.74, 6) is 4.54. The van der Waals surface area contributed by atoms with Crippen LogP contribution >= 0.6 is 0 Å². The van der Waals surface area contributed by atoms with Crippen molar-refractivity contribution in [1.29, 1.82) is 0 Å². The molecule has 0 aromatic heterocycles. The standard InChI is InChI=1S/C8H10O3/c9-4-2-1-3-6-5-7(6)8(10)11/h6-7,9H,3-5H2,(H,10,11). The summed E-state index contributed by atoms with van der Waals surface area (Å²) in [6.45, 7) is -0.134. The van der Waals surface area contributed by atoms with Gasteiger partial charge in [0.2, 0.25) is 0 Å². The Bertz CT molecular complexity index is 211. The first-order valence-corrected chi connectivity index (χ1v) is 3.55. The van der Waals surface area contributed by atoms with Crippen molar-refractivity contribution in [3.8, 4) is 11.8 Å². The molecule has 2 unspecified atom stereocenters. The van der Waals surface area contributed by atoms with Crippen LogP contribution in [0.15, 0.2) is 0 Å². The van der Waals surface area contributed by atoms with Gasteiger partial charge in [0.25, 0.3) is 0 Å². The van der Waals surface area contributed by atoms with Gasteiger partial charge in [0.1, 0.15) is 6.61 Å². The van der Waals surface area contributed by atoms with Gasteiger partial charge in [0.15, 0.2) is 0 Å². The van der Waals surface area contributed by atoms with Crippen molar-refractivity contribution in [1.82, 2.24) is 0 Å². The maximum atomic E-state index is 10.3. The zero-order chi connectivity index (χ0) is 8.27. The zero-order valence-corrected chi connectivity index (χ0v) is 6.08. The maximum absolute atomic E-state index is 10.3. The van der Waals surface area contributed by atoms with Crippen molar-refractivity contribution in [2.24, 2.45) is 11.8 Å². The van der Waals surface area contributed by atoms with Gasteiger partial charge in [-0.05, 0) is 12.3 Å². The lowest BCUT2D eigenvalue weighted by Gasteiger charge is -1.85. The van der Waals surface area contributed by atoms with E-state index in [-0.39, 0.29) is 18.4 Å². The molecule has 0 bridgehead atoms. The van der Waals surface area contributed by atoms with E-state index in [1.807, 2.05) is 0 Å². The maximum Gasteiger partial charge on any atom is 0.306 e. The number of hydrogen-bond acceptors (Lipinski definition) is 2. The van der Waals surface area contributed by atoms with Gasteiger partial charge in [-0.1, -0.05) is 5.92 Å². The van der Waals surface area contributed by atoms with Crippen LogP contribution in [0.3, 0.4) is 0 Å². The van der Waals surface area contributed by atoms with Gasteiger partial charge < -0.3 is 10.2 Å². The second-order valence-corrected chi connectivity index (χ2v) is 2.66. The van der Waals surface area contributed by atoms with Crippen molar-refractivity contribution in [2.45, 2.75) is 12.8 Å². The Morgan fingerprint density at radius 1 is 1.55 bits per heavy atom. The highest BCUT2D eigenvalue weighted by atomic mass is 16.4. The molecule has 2 N–H and O–H groups in total. The molecule has 0 aromatic rings. The van der Waals surface area contributed by atoms with E-state index in [1.165, 1.54) is 0 Å². The van der Waals surface area contributed by atoms with Crippen LogP contribution in [0.2, 0.25) is 0 Å². The van der Waals surface area contributed by atoms with E-state index < -0.39 is 5.97 Å². The average molecular weight is 154 g/mol. The lowest BCUT2D eigenvalue weighted by atomic mass is 10.2. The van der Waals surface area contributed by atoms with Crippen molar-refractivity contribution in [3.05, 3.63) is 0 Å². The number of carboxylic acids is 1. The first-order chi connectivity index (χ1) is 5.25. The zero-order valence-electron chi connectivity index (χ0n) is 6.08. The number of aliphatic hydroxyl groups is 1. The highest BCUT2D eigenvalue weighted by Gasteiger charge is 2.42. The highest BCUT2D eigenvalue weighted by Crippen LogP contribution is 2.40. The van der Waals surface area contributed by atoms with Crippen LogP contribution in [0.1, 0.15) is 12.8 Å². The second-order valence-electron chi connectivity index (χ2n) is 2.66. The minimum atomic E-state index is -0.721. The molecule has 0 heterocycles. The lowest BCUT2D eigenvalue weighted by Crippen LogP contribution is -1.98. The van der Waals surface area contributed by atoms with Crippen molar-refractivity contribution >= 4 is 5.97 Å². The Morgan fingerprint density at radius 2 is 2.27 bits per heavy atom. The summed E-state index contributed by atoms with van der Waals surface area (Å²) >= 11 is 0. The molecule has 1 aliphatic rings. The van der Waals surface area contributed by atoms with E-state index in [1.54, 1.807) is 0 Å². The minimum absolute atomic E-state index is 0.134. The second kappa shape index (κ2) is 3.40. The Morgan fingerprint density at radius 3 is 2.73 bits per heavy atom. The van der Waals surface area contributed by atoms with Crippen LogP contribution in [0.5, 0.6) is 0 Å². The predicted molar refractivity (Wildman–Crippen MR) is 38.7 cm³/mol. The topological polar surface area (TPSA) is 57.5 Å². The quantitative estimate of drug-likeness (QED) is 0.554. The van der Waals surface area contributed by atoms with Crippen molar-refractivity contribution < 1.29 is 15.0 Å². The fraction of sp³-hybridized carbons (Fsp3) is 0.625. The summed E-state index contributed by atoms with van der Waals surface area (Å²) in [5.41, 5.74) is 0. The highest BCUT2D eigenvalue weighted by molar-refractivity contribution is 5.73. The fourth-order valence-electron chi connectivity index (χ4n) is 1.03. The van der Waals surface area contributed by atoms with Gasteiger partial charge in [-0.2, -0.15) is 0 Å². The third kappa shape index (κ3) is 2.24. The molecule has 60 valence electrons. The van der Waals surface area contributed by atoms with Gasteiger partial charge in [0, 0.05) is 6.42 Å². The third-order valence-electron chi connectivity index (χ3n) is 1.81. The molecule has 3 heteroatoms. The van der Waals surface area contributed by atoms with Gasteiger partial charge in [-0.15, -0.1) is 5.92 Å². The molecule has 1 rings (SSSR count). The van der Waals surface area contributed by atoms with E-state index in [4.69, 9.17) is 10.2 Å². The van der Waals surface area contributed by atoms with Crippen molar-refractivity contribution in [2.75, 3.05) is 6.61 Å². The number of rotatable bonds is 2. The molecule has 0 amide bonds. The molecular weight excluding hydrogens is 144 g/mol. The number of aliphatic carboxylic acids is 1. The number of carbonyl (C=O) groups is 1. The van der Waals surface area contributed by atoms with Gasteiger partial charge in [-0.25, -0.2) is 0 Å². The number of aliphatic hydroxyl groups excluding tert-OH is 1. The number of hydrogen-bond donors (Lipinski definition) is 2. The summed E-state index contributed by atoms with van der Waals surface area (Å²) in [5, 5.41) is 16.8. The summed E-state index contributed by atoms with van der Waals surface area (Å²) in [4.78, 5) is 10.3. The molecule has 0 spiro atoms. The van der Waals surface area contributed by atoms with Crippen LogP contribution in [-0.2, 0) is 4.79 Å². The Kier molecular flexibility index (Phi) is 2.50. The molecule has 0 radical (unpaired) electrons. The Labute approximate surface area is 65.0 Å². The van der Waals surface area contributed by atoms with E-state index in [0.717, 1.165) is 6.42 Å². The van der Waals surface area contributed by atoms with E-state index in [9.17, 15) is 4.79 Å². The SMILES string of the molecule is O=C(O)C1CC1CC#CCO. The predicted octanol–water partition coefficient (Wildman–Crippen LogP) is 0.0929. The largest absolute Gasteiger partial charge is 0.481 e. The van der Waals surface area contributed by atoms with Gasteiger partial charge in [-0.3, -0.25) is 4.79 Å². The normalized spacial score (nSPS) is 27.0. The molecule has 0 aliphatic heterocycles. The smallest absolute Gasteiger partial charge is 0.306 e. The van der Waals surface area contributed by atoms with E-state index in [0.29, 0.717) is 6.42 Å². The Hall–Kier alpha value is -1.01. The molecule has 2 atom stereocenters. The minimum Gasteiger partial charge on any atom is -0.481 e. The van der Waals surface area contributed by atoms with Crippen LogP contribution in [0.4, 0.5) is 0 Å². The first-order valence-electron chi connectivity index (χ1n) is 3.55. The number of carboxylic acid groups (broad SMARTS) is 1. The van der Waals surface area contributed by atoms with E-state index >= 15 is 0 Å². The van der Waals surface area contributed by atoms with Crippen LogP contribution < -0.4 is 0 Å². The molecule has 1 saturated carbocycles. The molecule has 0 saturated heterocycles. The summed E-state index contributed by atoms with van der Waals surface area (Å²) < 4.78 is 0. The molecule has 0 aromatic carbocycles. The molecule has 3 nitrogen and oxygen atoms in total. The van der Waals surface area contributed by atoms with Crippen LogP contribution in [0.25, 0.3) is 0 Å². The summed E-state index contributed by atoms with van der Waals surface area (Å²) in [6, 6.07) is 0. The van der Waals surface area contributed by atoms with Crippen molar-refractivity contribution in [3.63, 3.8) is 0 Å².